The first-order valence-electron chi connectivity index (χ1n) is 5.82. The average molecular weight is 343 g/mol. The summed E-state index contributed by atoms with van der Waals surface area (Å²) in [5.74, 6) is 5.05. The minimum Gasteiger partial charge on any atom is -0.496 e. The lowest BCUT2D eigenvalue weighted by Crippen LogP contribution is -2.30. The number of hydrogen-bond acceptors (Lipinski definition) is 3. The number of halogens is 3. The van der Waals surface area contributed by atoms with Crippen LogP contribution in [0.4, 0.5) is 8.78 Å². The smallest absolute Gasteiger partial charge is 0.129 e. The molecule has 0 saturated carbocycles. The first kappa shape index (κ1) is 14.9. The van der Waals surface area contributed by atoms with Crippen LogP contribution in [0.15, 0.2) is 40.9 Å². The van der Waals surface area contributed by atoms with E-state index in [9.17, 15) is 8.78 Å². The molecule has 0 aliphatic rings. The quantitative estimate of drug-likeness (QED) is 0.662. The predicted molar refractivity (Wildman–Crippen MR) is 76.2 cm³/mol. The summed E-state index contributed by atoms with van der Waals surface area (Å²) in [6, 6.07) is 7.85. The van der Waals surface area contributed by atoms with Gasteiger partial charge in [-0.1, -0.05) is 22.0 Å². The van der Waals surface area contributed by atoms with Gasteiger partial charge in [-0.2, -0.15) is 0 Å². The van der Waals surface area contributed by atoms with E-state index in [1.54, 1.807) is 12.1 Å². The van der Waals surface area contributed by atoms with E-state index in [0.717, 1.165) is 0 Å². The monoisotopic (exact) mass is 342 g/mol. The second-order valence-corrected chi connectivity index (χ2v) is 4.98. The van der Waals surface area contributed by atoms with Crippen LogP contribution in [-0.4, -0.2) is 7.11 Å². The molecular weight excluding hydrogens is 330 g/mol. The molecule has 0 radical (unpaired) electrons. The fourth-order valence-corrected chi connectivity index (χ4v) is 2.62. The van der Waals surface area contributed by atoms with E-state index in [1.807, 2.05) is 0 Å². The summed E-state index contributed by atoms with van der Waals surface area (Å²) < 4.78 is 33.2. The Bertz CT molecular complexity index is 602. The summed E-state index contributed by atoms with van der Waals surface area (Å²) in [6.45, 7) is 0. The van der Waals surface area contributed by atoms with Crippen molar-refractivity contribution in [1.29, 1.82) is 0 Å². The van der Waals surface area contributed by atoms with Crippen LogP contribution in [0.3, 0.4) is 0 Å². The Kier molecular flexibility index (Phi) is 4.69. The number of ether oxygens (including phenoxy) is 1. The lowest BCUT2D eigenvalue weighted by molar-refractivity contribution is 0.401. The molecule has 106 valence electrons. The van der Waals surface area contributed by atoms with E-state index in [-0.39, 0.29) is 0 Å². The molecule has 20 heavy (non-hydrogen) atoms. The predicted octanol–water partition coefficient (Wildman–Crippen LogP) is 3.29. The van der Waals surface area contributed by atoms with Crippen molar-refractivity contribution in [2.24, 2.45) is 5.84 Å². The largest absolute Gasteiger partial charge is 0.496 e. The van der Waals surface area contributed by atoms with Crippen LogP contribution >= 0.6 is 15.9 Å². The van der Waals surface area contributed by atoms with Gasteiger partial charge in [-0.25, -0.2) is 14.2 Å². The summed E-state index contributed by atoms with van der Waals surface area (Å²) >= 11 is 3.28. The van der Waals surface area contributed by atoms with Crippen molar-refractivity contribution in [3.05, 3.63) is 63.6 Å². The number of methoxy groups -OCH3 is 1. The van der Waals surface area contributed by atoms with E-state index < -0.39 is 17.7 Å². The van der Waals surface area contributed by atoms with Gasteiger partial charge in [0.25, 0.3) is 0 Å². The Morgan fingerprint density at radius 3 is 2.60 bits per heavy atom. The molecule has 6 heteroatoms. The zero-order valence-corrected chi connectivity index (χ0v) is 12.2. The highest BCUT2D eigenvalue weighted by Crippen LogP contribution is 2.35. The average Bonchev–Trinajstić information content (AvgIpc) is 2.43. The highest BCUT2D eigenvalue weighted by atomic mass is 79.9. The Hall–Kier alpha value is -1.50. The summed E-state index contributed by atoms with van der Waals surface area (Å²) in [6.07, 6.45) is 0. The minimum absolute atomic E-state index is 0.291. The van der Waals surface area contributed by atoms with Crippen molar-refractivity contribution in [1.82, 2.24) is 5.43 Å². The molecule has 0 spiro atoms. The van der Waals surface area contributed by atoms with Gasteiger partial charge in [0, 0.05) is 15.6 Å². The maximum Gasteiger partial charge on any atom is 0.129 e. The number of rotatable bonds is 4. The van der Waals surface area contributed by atoms with E-state index in [1.165, 1.54) is 31.4 Å². The van der Waals surface area contributed by atoms with Crippen molar-refractivity contribution in [3.8, 4) is 5.75 Å². The van der Waals surface area contributed by atoms with Crippen LogP contribution in [0.1, 0.15) is 17.2 Å². The molecule has 2 aromatic carbocycles. The molecule has 1 unspecified atom stereocenters. The Morgan fingerprint density at radius 1 is 1.25 bits per heavy atom. The summed E-state index contributed by atoms with van der Waals surface area (Å²) in [7, 11) is 1.46. The van der Waals surface area contributed by atoms with Gasteiger partial charge in [-0.05, 0) is 30.3 Å². The van der Waals surface area contributed by atoms with E-state index in [0.29, 0.717) is 21.3 Å². The van der Waals surface area contributed by atoms with Gasteiger partial charge in [-0.15, -0.1) is 0 Å². The summed E-state index contributed by atoms with van der Waals surface area (Å²) in [5.41, 5.74) is 3.21. The van der Waals surface area contributed by atoms with Crippen LogP contribution in [0.2, 0.25) is 0 Å². The maximum absolute atomic E-state index is 14.0. The van der Waals surface area contributed by atoms with Gasteiger partial charge in [-0.3, -0.25) is 5.84 Å². The van der Waals surface area contributed by atoms with Gasteiger partial charge in [0.05, 0.1) is 13.2 Å². The van der Waals surface area contributed by atoms with E-state index in [4.69, 9.17) is 10.6 Å². The van der Waals surface area contributed by atoms with Crippen LogP contribution < -0.4 is 16.0 Å². The van der Waals surface area contributed by atoms with Gasteiger partial charge in [0.15, 0.2) is 0 Å². The molecule has 0 aliphatic carbocycles. The van der Waals surface area contributed by atoms with Crippen molar-refractivity contribution in [2.45, 2.75) is 6.04 Å². The van der Waals surface area contributed by atoms with Gasteiger partial charge < -0.3 is 4.74 Å². The molecule has 2 aromatic rings. The molecule has 0 aromatic heterocycles. The van der Waals surface area contributed by atoms with Crippen molar-refractivity contribution in [3.63, 3.8) is 0 Å². The van der Waals surface area contributed by atoms with Crippen LogP contribution in [0.25, 0.3) is 0 Å². The van der Waals surface area contributed by atoms with E-state index in [2.05, 4.69) is 21.4 Å². The lowest BCUT2D eigenvalue weighted by Gasteiger charge is -2.21. The lowest BCUT2D eigenvalue weighted by atomic mass is 9.97. The first-order chi connectivity index (χ1) is 9.58. The highest BCUT2D eigenvalue weighted by molar-refractivity contribution is 9.10. The first-order valence-corrected chi connectivity index (χ1v) is 6.61. The van der Waals surface area contributed by atoms with Gasteiger partial charge >= 0.3 is 0 Å². The number of nitrogens with two attached hydrogens (primary N) is 1. The van der Waals surface area contributed by atoms with E-state index >= 15 is 0 Å². The second-order valence-electron chi connectivity index (χ2n) is 4.12. The molecule has 0 saturated heterocycles. The maximum atomic E-state index is 14.0. The molecule has 0 heterocycles. The number of hydrogen-bond donors (Lipinski definition) is 2. The zero-order valence-electron chi connectivity index (χ0n) is 10.7. The number of benzene rings is 2. The zero-order chi connectivity index (χ0) is 14.7. The number of nitrogens with one attached hydrogen (secondary N) is 1. The molecule has 0 aliphatic heterocycles. The third-order valence-electron chi connectivity index (χ3n) is 2.96. The molecule has 3 nitrogen and oxygen atoms in total. The third kappa shape index (κ3) is 2.82. The number of hydrazine groups is 1. The Balaban J connectivity index is 2.61. The topological polar surface area (TPSA) is 47.3 Å². The standard InChI is InChI=1S/C14H13BrF2N2O/c1-20-12-6-5-8(16)7-9(12)14(19-18)13-10(15)3-2-4-11(13)17/h2-7,14,19H,18H2,1H3. The molecule has 0 amide bonds. The van der Waals surface area contributed by atoms with Crippen LogP contribution in [0, 0.1) is 11.6 Å². The van der Waals surface area contributed by atoms with Crippen molar-refractivity contribution in [2.75, 3.05) is 7.11 Å². The fraction of sp³-hybridized carbons (Fsp3) is 0.143. The third-order valence-corrected chi connectivity index (χ3v) is 3.65. The normalized spacial score (nSPS) is 12.2. The van der Waals surface area contributed by atoms with Crippen molar-refractivity contribution >= 4 is 15.9 Å². The molecular formula is C14H13BrF2N2O. The second kappa shape index (κ2) is 6.30. The molecule has 3 N–H and O–H groups in total. The Labute approximate surface area is 123 Å². The van der Waals surface area contributed by atoms with Gasteiger partial charge in [0.1, 0.15) is 17.4 Å². The fourth-order valence-electron chi connectivity index (χ4n) is 2.05. The molecule has 2 rings (SSSR count). The summed E-state index contributed by atoms with van der Waals surface area (Å²) in [5, 5.41) is 0. The minimum atomic E-state index is -0.740. The summed E-state index contributed by atoms with van der Waals surface area (Å²) in [4.78, 5) is 0. The Morgan fingerprint density at radius 2 is 2.00 bits per heavy atom. The van der Waals surface area contributed by atoms with Crippen LogP contribution in [0.5, 0.6) is 5.75 Å². The highest BCUT2D eigenvalue weighted by Gasteiger charge is 2.23. The molecule has 0 fully saturated rings. The SMILES string of the molecule is COc1ccc(F)cc1C(NN)c1c(F)cccc1Br. The van der Waals surface area contributed by atoms with Crippen molar-refractivity contribution < 1.29 is 13.5 Å². The molecule has 0 bridgehead atoms. The molecule has 1 atom stereocenters. The van der Waals surface area contributed by atoms with Crippen LogP contribution in [-0.2, 0) is 0 Å². The van der Waals surface area contributed by atoms with Gasteiger partial charge in [0.2, 0.25) is 0 Å².